The van der Waals surface area contributed by atoms with Crippen LogP contribution in [0.5, 0.6) is 0 Å². The predicted molar refractivity (Wildman–Crippen MR) is 57.0 cm³/mol. The first-order chi connectivity index (χ1) is 7.95. The molecular weight excluding hydrogens is 233 g/mol. The van der Waals surface area contributed by atoms with Gasteiger partial charge in [-0.2, -0.15) is 8.78 Å². The van der Waals surface area contributed by atoms with Gasteiger partial charge in [-0.25, -0.2) is 9.18 Å². The molecule has 1 rings (SSSR count). The van der Waals surface area contributed by atoms with E-state index < -0.39 is 17.7 Å². The second-order valence-electron chi connectivity index (χ2n) is 3.23. The summed E-state index contributed by atoms with van der Waals surface area (Å²) in [6, 6.07) is 4.94. The Balaban J connectivity index is 2.75. The molecule has 0 heterocycles. The Morgan fingerprint density at radius 2 is 1.94 bits per heavy atom. The second-order valence-corrected chi connectivity index (χ2v) is 3.23. The van der Waals surface area contributed by atoms with Gasteiger partial charge in [-0.3, -0.25) is 0 Å². The van der Waals surface area contributed by atoms with Crippen LogP contribution in [0.15, 0.2) is 30.3 Å². The van der Waals surface area contributed by atoms with E-state index in [9.17, 15) is 18.0 Å². The summed E-state index contributed by atoms with van der Waals surface area (Å²) in [4.78, 5) is 10.9. The van der Waals surface area contributed by atoms with Crippen molar-refractivity contribution in [1.82, 2.24) is 0 Å². The first kappa shape index (κ1) is 13.3. The van der Waals surface area contributed by atoms with Gasteiger partial charge in [-0.1, -0.05) is 18.2 Å². The lowest BCUT2D eigenvalue weighted by Gasteiger charge is -2.09. The molecule has 0 saturated heterocycles. The Hall–Kier alpha value is -1.78. The minimum Gasteiger partial charge on any atom is -0.461 e. The summed E-state index contributed by atoms with van der Waals surface area (Å²) in [5.41, 5.74) is 0.371. The van der Waals surface area contributed by atoms with Crippen LogP contribution in [0.3, 0.4) is 0 Å². The molecule has 17 heavy (non-hydrogen) atoms. The lowest BCUT2D eigenvalue weighted by atomic mass is 10.2. The maximum absolute atomic E-state index is 13.1. The largest absolute Gasteiger partial charge is 0.461 e. The second kappa shape index (κ2) is 5.52. The summed E-state index contributed by atoms with van der Waals surface area (Å²) < 4.78 is 43.0. The summed E-state index contributed by atoms with van der Waals surface area (Å²) in [5, 5.41) is 0. The van der Waals surface area contributed by atoms with Gasteiger partial charge in [-0.05, 0) is 30.7 Å². The fraction of sp³-hybridized carbons (Fsp3) is 0.250. The Morgan fingerprint density at radius 1 is 1.35 bits per heavy atom. The van der Waals surface area contributed by atoms with Crippen molar-refractivity contribution in [3.05, 3.63) is 41.7 Å². The highest BCUT2D eigenvalue weighted by atomic mass is 19.3. The summed E-state index contributed by atoms with van der Waals surface area (Å²) in [7, 11) is 0. The predicted octanol–water partition coefficient (Wildman–Crippen LogP) is 3.04. The van der Waals surface area contributed by atoms with Crippen LogP contribution < -0.4 is 0 Å². The highest BCUT2D eigenvalue weighted by Gasteiger charge is 2.37. The number of hydrogen-bond donors (Lipinski definition) is 0. The molecule has 0 bridgehead atoms. The molecule has 2 nitrogen and oxygen atoms in total. The molecule has 5 heteroatoms. The number of rotatable bonds is 4. The van der Waals surface area contributed by atoms with Crippen molar-refractivity contribution in [3.63, 3.8) is 0 Å². The zero-order valence-corrected chi connectivity index (χ0v) is 9.12. The fourth-order valence-corrected chi connectivity index (χ4v) is 1.07. The van der Waals surface area contributed by atoms with Gasteiger partial charge in [-0.15, -0.1) is 0 Å². The van der Waals surface area contributed by atoms with E-state index in [1.165, 1.54) is 19.1 Å². The van der Waals surface area contributed by atoms with Gasteiger partial charge in [0.25, 0.3) is 0 Å². The topological polar surface area (TPSA) is 26.3 Å². The summed E-state index contributed by atoms with van der Waals surface area (Å²) >= 11 is 0. The third-order valence-electron chi connectivity index (χ3n) is 1.90. The first-order valence-corrected chi connectivity index (χ1v) is 4.95. The van der Waals surface area contributed by atoms with Gasteiger partial charge >= 0.3 is 11.9 Å². The van der Waals surface area contributed by atoms with E-state index in [1.807, 2.05) is 0 Å². The van der Waals surface area contributed by atoms with E-state index in [0.717, 1.165) is 18.2 Å². The molecule has 0 aliphatic carbocycles. The minimum absolute atomic E-state index is 0.112. The molecule has 0 N–H and O–H groups in total. The fourth-order valence-electron chi connectivity index (χ4n) is 1.07. The van der Waals surface area contributed by atoms with E-state index >= 15 is 0 Å². The van der Waals surface area contributed by atoms with Crippen LogP contribution in [0, 0.1) is 5.82 Å². The lowest BCUT2D eigenvalue weighted by molar-refractivity contribution is -0.164. The van der Waals surface area contributed by atoms with Crippen LogP contribution in [-0.4, -0.2) is 18.5 Å². The van der Waals surface area contributed by atoms with Crippen LogP contribution in [0.1, 0.15) is 12.5 Å². The van der Waals surface area contributed by atoms with E-state index in [-0.39, 0.29) is 6.61 Å². The summed E-state index contributed by atoms with van der Waals surface area (Å²) in [6.07, 6.45) is 1.47. The Morgan fingerprint density at radius 3 is 2.47 bits per heavy atom. The van der Waals surface area contributed by atoms with Gasteiger partial charge in [0.2, 0.25) is 0 Å². The average Bonchev–Trinajstić information content (AvgIpc) is 2.29. The number of hydrogen-bond acceptors (Lipinski definition) is 2. The van der Waals surface area contributed by atoms with Crippen LogP contribution >= 0.6 is 0 Å². The van der Waals surface area contributed by atoms with E-state index in [2.05, 4.69) is 4.74 Å². The van der Waals surface area contributed by atoms with Crippen molar-refractivity contribution in [2.45, 2.75) is 12.8 Å². The SMILES string of the molecule is CCOC(=O)C(F)(F)C=Cc1ccc(F)cc1. The van der Waals surface area contributed by atoms with Crippen molar-refractivity contribution in [1.29, 1.82) is 0 Å². The van der Waals surface area contributed by atoms with Crippen molar-refractivity contribution >= 4 is 12.0 Å². The molecule has 1 aromatic carbocycles. The van der Waals surface area contributed by atoms with Gasteiger partial charge in [0.05, 0.1) is 6.61 Å². The number of benzene rings is 1. The number of esters is 1. The van der Waals surface area contributed by atoms with E-state index in [1.54, 1.807) is 0 Å². The zero-order valence-electron chi connectivity index (χ0n) is 9.12. The van der Waals surface area contributed by atoms with Crippen LogP contribution in [0.2, 0.25) is 0 Å². The molecule has 0 atom stereocenters. The third kappa shape index (κ3) is 3.94. The Bertz CT molecular complexity index is 410. The number of halogens is 3. The number of alkyl halides is 2. The highest BCUT2D eigenvalue weighted by molar-refractivity contribution is 5.81. The number of carbonyl (C=O) groups is 1. The van der Waals surface area contributed by atoms with Gasteiger partial charge in [0.1, 0.15) is 5.82 Å². The maximum atomic E-state index is 13.1. The van der Waals surface area contributed by atoms with Crippen LogP contribution in [-0.2, 0) is 9.53 Å². The minimum atomic E-state index is -3.68. The smallest absolute Gasteiger partial charge is 0.381 e. The van der Waals surface area contributed by atoms with E-state index in [4.69, 9.17) is 0 Å². The van der Waals surface area contributed by atoms with Crippen LogP contribution in [0.25, 0.3) is 6.08 Å². The molecule has 0 amide bonds. The molecule has 1 aromatic rings. The average molecular weight is 244 g/mol. The summed E-state index contributed by atoms with van der Waals surface area (Å²) in [6.45, 7) is 1.33. The molecule has 0 aliphatic rings. The van der Waals surface area contributed by atoms with Crippen molar-refractivity contribution in [3.8, 4) is 0 Å². The molecular formula is C12H11F3O2. The maximum Gasteiger partial charge on any atom is 0.381 e. The molecule has 0 radical (unpaired) electrons. The lowest BCUT2D eigenvalue weighted by Crippen LogP contribution is -2.28. The van der Waals surface area contributed by atoms with Gasteiger partial charge in [0, 0.05) is 0 Å². The molecule has 0 aliphatic heterocycles. The Kier molecular flexibility index (Phi) is 4.31. The molecule has 0 unspecified atom stereocenters. The summed E-state index contributed by atoms with van der Waals surface area (Å²) in [5.74, 6) is -5.73. The molecule has 92 valence electrons. The number of ether oxygens (including phenoxy) is 1. The van der Waals surface area contributed by atoms with Crippen molar-refractivity contribution < 1.29 is 22.7 Å². The van der Waals surface area contributed by atoms with Gasteiger partial charge in [0.15, 0.2) is 0 Å². The first-order valence-electron chi connectivity index (χ1n) is 4.95. The molecule has 0 spiro atoms. The van der Waals surface area contributed by atoms with Crippen molar-refractivity contribution in [2.24, 2.45) is 0 Å². The third-order valence-corrected chi connectivity index (χ3v) is 1.90. The molecule has 0 saturated carbocycles. The quantitative estimate of drug-likeness (QED) is 0.761. The van der Waals surface area contributed by atoms with Crippen LogP contribution in [0.4, 0.5) is 13.2 Å². The van der Waals surface area contributed by atoms with E-state index in [0.29, 0.717) is 11.6 Å². The highest BCUT2D eigenvalue weighted by Crippen LogP contribution is 2.19. The van der Waals surface area contributed by atoms with Crippen molar-refractivity contribution in [2.75, 3.05) is 6.61 Å². The monoisotopic (exact) mass is 244 g/mol. The Labute approximate surface area is 96.7 Å². The number of carbonyl (C=O) groups excluding carboxylic acids is 1. The van der Waals surface area contributed by atoms with Gasteiger partial charge < -0.3 is 4.74 Å². The zero-order chi connectivity index (χ0) is 12.9. The standard InChI is InChI=1S/C12H11F3O2/c1-2-17-11(16)12(14,15)8-7-9-3-5-10(13)6-4-9/h3-8H,2H2,1H3. The molecule has 0 fully saturated rings. The molecule has 0 aromatic heterocycles. The normalized spacial score (nSPS) is 11.8.